The van der Waals surface area contributed by atoms with E-state index in [-0.39, 0.29) is 12.5 Å². The first-order valence-corrected chi connectivity index (χ1v) is 8.78. The van der Waals surface area contributed by atoms with Crippen LogP contribution in [0.4, 0.5) is 5.69 Å². The van der Waals surface area contributed by atoms with Gasteiger partial charge in [-0.25, -0.2) is 0 Å². The van der Waals surface area contributed by atoms with Crippen LogP contribution < -0.4 is 10.1 Å². The molecule has 136 valence electrons. The van der Waals surface area contributed by atoms with Gasteiger partial charge in [0, 0.05) is 16.9 Å². The van der Waals surface area contributed by atoms with Crippen molar-refractivity contribution in [2.75, 3.05) is 11.9 Å². The van der Waals surface area contributed by atoms with E-state index in [9.17, 15) is 9.90 Å². The van der Waals surface area contributed by atoms with Gasteiger partial charge in [0.15, 0.2) is 5.69 Å². The molecule has 2 aromatic rings. The van der Waals surface area contributed by atoms with Gasteiger partial charge in [-0.15, -0.1) is 0 Å². The number of amides is 1. The van der Waals surface area contributed by atoms with Gasteiger partial charge < -0.3 is 15.2 Å². The summed E-state index contributed by atoms with van der Waals surface area (Å²) in [5, 5.41) is 16.8. The Bertz CT molecular complexity index is 721. The first-order chi connectivity index (χ1) is 12.0. The Labute approximate surface area is 148 Å². The molecular weight excluding hydrogens is 318 g/mol. The topological polar surface area (TPSA) is 76.4 Å². The molecule has 0 unspecified atom stereocenters. The summed E-state index contributed by atoms with van der Waals surface area (Å²) in [5.74, 6) is 0.359. The maximum Gasteiger partial charge on any atom is 0.276 e. The quantitative estimate of drug-likeness (QED) is 0.765. The summed E-state index contributed by atoms with van der Waals surface area (Å²) in [5.41, 5.74) is 2.61. The van der Waals surface area contributed by atoms with Crippen LogP contribution in [0, 0.1) is 6.92 Å². The van der Waals surface area contributed by atoms with Crippen molar-refractivity contribution >= 4 is 11.6 Å². The van der Waals surface area contributed by atoms with Crippen LogP contribution in [0.2, 0.25) is 0 Å². The summed E-state index contributed by atoms with van der Waals surface area (Å²) in [6, 6.07) is 7.32. The molecule has 1 aromatic heterocycles. The maximum atomic E-state index is 12.5. The Kier molecular flexibility index (Phi) is 6.58. The van der Waals surface area contributed by atoms with Gasteiger partial charge in [-0.05, 0) is 51.0 Å². The van der Waals surface area contributed by atoms with E-state index in [2.05, 4.69) is 24.3 Å². The van der Waals surface area contributed by atoms with Crippen LogP contribution in [-0.4, -0.2) is 27.4 Å². The highest BCUT2D eigenvalue weighted by Crippen LogP contribution is 2.24. The summed E-state index contributed by atoms with van der Waals surface area (Å²) < 4.78 is 7.38. The number of nitrogens with zero attached hydrogens (tertiary/aromatic N) is 2. The summed E-state index contributed by atoms with van der Waals surface area (Å²) in [4.78, 5) is 12.5. The maximum absolute atomic E-state index is 12.5. The predicted molar refractivity (Wildman–Crippen MR) is 98.1 cm³/mol. The number of aliphatic hydroxyl groups is 1. The highest BCUT2D eigenvalue weighted by Gasteiger charge is 2.17. The van der Waals surface area contributed by atoms with E-state index >= 15 is 0 Å². The number of nitrogens with one attached hydrogen (secondary N) is 1. The number of anilines is 1. The summed E-state index contributed by atoms with van der Waals surface area (Å²) in [6.45, 7) is 8.45. The van der Waals surface area contributed by atoms with E-state index in [1.54, 1.807) is 24.3 Å². The van der Waals surface area contributed by atoms with Crippen LogP contribution >= 0.6 is 0 Å². The van der Waals surface area contributed by atoms with Crippen molar-refractivity contribution < 1.29 is 14.6 Å². The molecule has 1 aromatic carbocycles. The van der Waals surface area contributed by atoms with E-state index < -0.39 is 0 Å². The van der Waals surface area contributed by atoms with E-state index in [1.807, 2.05) is 18.5 Å². The molecule has 0 aliphatic carbocycles. The predicted octanol–water partition coefficient (Wildman–Crippen LogP) is 3.70. The molecule has 0 spiro atoms. The van der Waals surface area contributed by atoms with Crippen molar-refractivity contribution in [3.63, 3.8) is 0 Å². The molecule has 2 rings (SSSR count). The van der Waals surface area contributed by atoms with Crippen LogP contribution in [0.1, 0.15) is 61.4 Å². The Morgan fingerprint density at radius 1 is 1.28 bits per heavy atom. The third kappa shape index (κ3) is 4.39. The lowest BCUT2D eigenvalue weighted by molar-refractivity contribution is 0.102. The number of ether oxygens (including phenoxy) is 1. The monoisotopic (exact) mass is 345 g/mol. The van der Waals surface area contributed by atoms with Gasteiger partial charge in [-0.1, -0.05) is 13.8 Å². The lowest BCUT2D eigenvalue weighted by Gasteiger charge is -2.14. The standard InChI is InChI=1S/C19H27N3O3/c1-5-16(6-2)22-13(4)10-17(21-22)19(24)20-15-8-9-18(25-7-3)14(11-15)12-23/h8-11,16,23H,5-7,12H2,1-4H3,(H,20,24). The molecule has 0 atom stereocenters. The molecule has 0 fully saturated rings. The molecular formula is C19H27N3O3. The highest BCUT2D eigenvalue weighted by atomic mass is 16.5. The number of aromatic nitrogens is 2. The summed E-state index contributed by atoms with van der Waals surface area (Å²) in [6.07, 6.45) is 1.94. The van der Waals surface area contributed by atoms with E-state index in [0.29, 0.717) is 35.3 Å². The Balaban J connectivity index is 2.18. The molecule has 0 aliphatic rings. The summed E-state index contributed by atoms with van der Waals surface area (Å²) >= 11 is 0. The second-order valence-corrected chi connectivity index (χ2v) is 5.95. The number of aryl methyl sites for hydroxylation is 1. The minimum absolute atomic E-state index is 0.151. The zero-order chi connectivity index (χ0) is 18.4. The SMILES string of the molecule is CCOc1ccc(NC(=O)c2cc(C)n(C(CC)CC)n2)cc1CO. The molecule has 1 amide bonds. The molecule has 0 saturated heterocycles. The normalized spacial score (nSPS) is 11.0. The van der Waals surface area contributed by atoms with Crippen molar-refractivity contribution in [1.82, 2.24) is 9.78 Å². The zero-order valence-corrected chi connectivity index (χ0v) is 15.4. The number of rotatable bonds is 8. The summed E-state index contributed by atoms with van der Waals surface area (Å²) in [7, 11) is 0. The Morgan fingerprint density at radius 3 is 2.60 bits per heavy atom. The molecule has 0 radical (unpaired) electrons. The fourth-order valence-electron chi connectivity index (χ4n) is 2.88. The molecule has 0 bridgehead atoms. The van der Waals surface area contributed by atoms with Crippen molar-refractivity contribution in [3.8, 4) is 5.75 Å². The van der Waals surface area contributed by atoms with Crippen LogP contribution in [0.15, 0.2) is 24.3 Å². The first kappa shape index (κ1) is 19.0. The fraction of sp³-hybridized carbons (Fsp3) is 0.474. The fourth-order valence-corrected chi connectivity index (χ4v) is 2.88. The van der Waals surface area contributed by atoms with Crippen molar-refractivity contribution in [2.24, 2.45) is 0 Å². The van der Waals surface area contributed by atoms with E-state index in [0.717, 1.165) is 18.5 Å². The number of hydrogen-bond acceptors (Lipinski definition) is 4. The first-order valence-electron chi connectivity index (χ1n) is 8.78. The van der Waals surface area contributed by atoms with Crippen molar-refractivity contribution in [1.29, 1.82) is 0 Å². The van der Waals surface area contributed by atoms with Gasteiger partial charge >= 0.3 is 0 Å². The van der Waals surface area contributed by atoms with Gasteiger partial charge in [-0.3, -0.25) is 9.48 Å². The number of aliphatic hydroxyl groups excluding tert-OH is 1. The van der Waals surface area contributed by atoms with E-state index in [1.165, 1.54) is 0 Å². The molecule has 2 N–H and O–H groups in total. The molecule has 25 heavy (non-hydrogen) atoms. The second-order valence-electron chi connectivity index (χ2n) is 5.95. The van der Waals surface area contributed by atoms with Crippen LogP contribution in [0.25, 0.3) is 0 Å². The van der Waals surface area contributed by atoms with Crippen molar-refractivity contribution in [2.45, 2.75) is 53.2 Å². The lowest BCUT2D eigenvalue weighted by atomic mass is 10.2. The average molecular weight is 345 g/mol. The number of carbonyl (C=O) groups is 1. The molecule has 6 nitrogen and oxygen atoms in total. The second kappa shape index (κ2) is 8.67. The number of hydrogen-bond donors (Lipinski definition) is 2. The number of benzene rings is 1. The van der Waals surface area contributed by atoms with Gasteiger partial charge in [0.05, 0.1) is 19.3 Å². The smallest absolute Gasteiger partial charge is 0.276 e. The van der Waals surface area contributed by atoms with Gasteiger partial charge in [0.25, 0.3) is 5.91 Å². The van der Waals surface area contributed by atoms with Crippen LogP contribution in [0.5, 0.6) is 5.75 Å². The van der Waals surface area contributed by atoms with Gasteiger partial charge in [0.1, 0.15) is 5.75 Å². The average Bonchev–Trinajstić information content (AvgIpc) is 2.99. The third-order valence-electron chi connectivity index (χ3n) is 4.23. The van der Waals surface area contributed by atoms with Gasteiger partial charge in [0.2, 0.25) is 0 Å². The molecule has 0 saturated carbocycles. The highest BCUT2D eigenvalue weighted by molar-refractivity contribution is 6.03. The minimum atomic E-state index is -0.263. The van der Waals surface area contributed by atoms with Crippen LogP contribution in [0.3, 0.4) is 0 Å². The largest absolute Gasteiger partial charge is 0.494 e. The lowest BCUT2D eigenvalue weighted by Crippen LogP contribution is -2.15. The molecule has 6 heteroatoms. The number of carbonyl (C=O) groups excluding carboxylic acids is 1. The third-order valence-corrected chi connectivity index (χ3v) is 4.23. The zero-order valence-electron chi connectivity index (χ0n) is 15.4. The molecule has 1 heterocycles. The Morgan fingerprint density at radius 2 is 2.00 bits per heavy atom. The van der Waals surface area contributed by atoms with Crippen LogP contribution in [-0.2, 0) is 6.61 Å². The van der Waals surface area contributed by atoms with Crippen molar-refractivity contribution in [3.05, 3.63) is 41.2 Å². The molecule has 0 aliphatic heterocycles. The van der Waals surface area contributed by atoms with E-state index in [4.69, 9.17) is 4.74 Å². The van der Waals surface area contributed by atoms with Gasteiger partial charge in [-0.2, -0.15) is 5.10 Å². The minimum Gasteiger partial charge on any atom is -0.494 e. The Hall–Kier alpha value is -2.34.